The molecule has 0 aromatic carbocycles. The third-order valence-electron chi connectivity index (χ3n) is 4.63. The zero-order valence-corrected chi connectivity index (χ0v) is 16.7. The van der Waals surface area contributed by atoms with Crippen LogP contribution in [0.4, 0.5) is 5.82 Å². The summed E-state index contributed by atoms with van der Waals surface area (Å²) in [6.07, 6.45) is -1.06. The fourth-order valence-electron chi connectivity index (χ4n) is 3.12. The average Bonchev–Trinajstić information content (AvgIpc) is 3.15. The van der Waals surface area contributed by atoms with Gasteiger partial charge in [0.05, 0.1) is 31.1 Å². The predicted octanol–water partition coefficient (Wildman–Crippen LogP) is -1.93. The van der Waals surface area contributed by atoms with E-state index in [9.17, 15) is 23.4 Å². The number of aliphatic hydroxyl groups is 2. The third kappa shape index (κ3) is 4.41. The van der Waals surface area contributed by atoms with E-state index in [0.29, 0.717) is 0 Å². The molecule has 15 heteroatoms. The number of nitrogen functional groups attached to an aromatic ring is 1. The Morgan fingerprint density at radius 2 is 2.14 bits per heavy atom. The summed E-state index contributed by atoms with van der Waals surface area (Å²) in [5.74, 6) is -1.64. The number of carbonyl (C=O) groups excluding carboxylic acids is 1. The van der Waals surface area contributed by atoms with E-state index in [1.807, 2.05) is 0 Å². The normalized spacial score (nSPS) is 26.0. The lowest BCUT2D eigenvalue weighted by Gasteiger charge is -2.18. The van der Waals surface area contributed by atoms with Crippen molar-refractivity contribution in [3.63, 3.8) is 0 Å². The standard InChI is InChI=1S/C14H20ClN7O6S/c1-5(16)13(25)21-29(26,27)28-3-6-2-7(10(24)9(6)23)22-4-18-8-11(17)19-14(15)20-12(8)22/h4-7,9-10,23-24H,2-3,16H2,1H3,(H,21,25)(H2,17,19,20)/t5-,6+,7+,9+,10-/m0/s1. The highest BCUT2D eigenvalue weighted by Gasteiger charge is 2.43. The molecule has 1 fully saturated rings. The first-order valence-corrected chi connectivity index (χ1v) is 10.3. The maximum atomic E-state index is 11.8. The van der Waals surface area contributed by atoms with Gasteiger partial charge in [0.25, 0.3) is 5.91 Å². The Kier molecular flexibility index (Phi) is 5.93. The largest absolute Gasteiger partial charge is 0.390 e. The molecule has 0 unspecified atom stereocenters. The number of nitrogens with zero attached hydrogens (tertiary/aromatic N) is 4. The van der Waals surface area contributed by atoms with Crippen LogP contribution in [0.1, 0.15) is 19.4 Å². The Balaban J connectivity index is 1.75. The Bertz CT molecular complexity index is 1030. The van der Waals surface area contributed by atoms with E-state index < -0.39 is 53.0 Å². The van der Waals surface area contributed by atoms with Gasteiger partial charge in [-0.2, -0.15) is 18.4 Å². The van der Waals surface area contributed by atoms with Crippen molar-refractivity contribution < 1.29 is 27.6 Å². The molecule has 7 N–H and O–H groups in total. The van der Waals surface area contributed by atoms with Crippen molar-refractivity contribution in [3.8, 4) is 0 Å². The highest BCUT2D eigenvalue weighted by Crippen LogP contribution is 2.37. The smallest absolute Gasteiger partial charge is 0.362 e. The summed E-state index contributed by atoms with van der Waals surface area (Å²) in [5, 5.41) is 20.7. The Hall–Kier alpha value is -2.10. The van der Waals surface area contributed by atoms with Crippen LogP contribution in [0.15, 0.2) is 6.33 Å². The molecule has 2 aromatic rings. The molecule has 160 valence electrons. The maximum Gasteiger partial charge on any atom is 0.362 e. The summed E-state index contributed by atoms with van der Waals surface area (Å²) < 4.78 is 31.6. The molecule has 0 bridgehead atoms. The number of fused-ring (bicyclic) bond motifs is 1. The lowest BCUT2D eigenvalue weighted by atomic mass is 10.1. The number of imidazole rings is 1. The number of hydrogen-bond acceptors (Lipinski definition) is 11. The molecule has 29 heavy (non-hydrogen) atoms. The number of rotatable bonds is 6. The molecule has 2 aromatic heterocycles. The molecular formula is C14H20ClN7O6S. The Morgan fingerprint density at radius 1 is 1.45 bits per heavy atom. The summed E-state index contributed by atoms with van der Waals surface area (Å²) in [7, 11) is -4.42. The summed E-state index contributed by atoms with van der Waals surface area (Å²) in [5.41, 5.74) is 11.6. The maximum absolute atomic E-state index is 11.8. The van der Waals surface area contributed by atoms with E-state index >= 15 is 0 Å². The summed E-state index contributed by atoms with van der Waals surface area (Å²) in [4.78, 5) is 23.4. The first-order valence-electron chi connectivity index (χ1n) is 8.48. The number of halogens is 1. The Labute approximate surface area is 170 Å². The quantitative estimate of drug-likeness (QED) is 0.306. The monoisotopic (exact) mass is 449 g/mol. The lowest BCUT2D eigenvalue weighted by molar-refractivity contribution is -0.120. The number of aliphatic hydroxyl groups excluding tert-OH is 2. The molecule has 1 aliphatic carbocycles. The molecule has 0 radical (unpaired) electrons. The van der Waals surface area contributed by atoms with Crippen LogP contribution in [-0.2, 0) is 19.3 Å². The third-order valence-corrected chi connectivity index (χ3v) is 5.69. The van der Waals surface area contributed by atoms with Crippen LogP contribution in [0, 0.1) is 5.92 Å². The van der Waals surface area contributed by atoms with Crippen LogP contribution >= 0.6 is 11.6 Å². The first kappa shape index (κ1) is 21.6. The second-order valence-electron chi connectivity index (χ2n) is 6.74. The molecule has 1 saturated carbocycles. The van der Waals surface area contributed by atoms with Crippen LogP contribution in [0.2, 0.25) is 5.28 Å². The number of anilines is 1. The second-order valence-corrected chi connectivity index (χ2v) is 8.43. The van der Waals surface area contributed by atoms with E-state index in [4.69, 9.17) is 27.3 Å². The minimum absolute atomic E-state index is 0.0580. The summed E-state index contributed by atoms with van der Waals surface area (Å²) in [6, 6.07) is -1.75. The number of nitrogens with two attached hydrogens (primary N) is 2. The van der Waals surface area contributed by atoms with Crippen LogP contribution in [0.3, 0.4) is 0 Å². The topological polar surface area (TPSA) is 209 Å². The Morgan fingerprint density at radius 3 is 2.79 bits per heavy atom. The predicted molar refractivity (Wildman–Crippen MR) is 101 cm³/mol. The zero-order valence-electron chi connectivity index (χ0n) is 15.1. The van der Waals surface area contributed by atoms with Crippen LogP contribution in [0.25, 0.3) is 11.2 Å². The molecular weight excluding hydrogens is 430 g/mol. The first-order chi connectivity index (χ1) is 13.5. The van der Waals surface area contributed by atoms with Gasteiger partial charge in [-0.15, -0.1) is 0 Å². The van der Waals surface area contributed by atoms with E-state index in [0.717, 1.165) is 0 Å². The van der Waals surface area contributed by atoms with Crippen molar-refractivity contribution in [2.75, 3.05) is 12.3 Å². The molecule has 5 atom stereocenters. The highest BCUT2D eigenvalue weighted by atomic mass is 35.5. The van der Waals surface area contributed by atoms with Crippen molar-refractivity contribution in [1.29, 1.82) is 0 Å². The van der Waals surface area contributed by atoms with Gasteiger partial charge in [0.2, 0.25) is 5.28 Å². The summed E-state index contributed by atoms with van der Waals surface area (Å²) in [6.45, 7) is 0.839. The van der Waals surface area contributed by atoms with Gasteiger partial charge in [0.1, 0.15) is 11.6 Å². The zero-order chi connectivity index (χ0) is 21.5. The molecule has 0 spiro atoms. The van der Waals surface area contributed by atoms with Gasteiger partial charge >= 0.3 is 10.3 Å². The second kappa shape index (κ2) is 7.97. The molecule has 13 nitrogen and oxygen atoms in total. The van der Waals surface area contributed by atoms with Gasteiger partial charge in [0.15, 0.2) is 11.5 Å². The van der Waals surface area contributed by atoms with E-state index in [1.165, 1.54) is 17.8 Å². The van der Waals surface area contributed by atoms with Crippen molar-refractivity contribution in [2.24, 2.45) is 11.7 Å². The van der Waals surface area contributed by atoms with E-state index in [2.05, 4.69) is 15.0 Å². The van der Waals surface area contributed by atoms with Crippen LogP contribution < -0.4 is 16.2 Å². The molecule has 1 aliphatic rings. The fraction of sp³-hybridized carbons (Fsp3) is 0.571. The number of amides is 1. The van der Waals surface area contributed by atoms with Gasteiger partial charge in [-0.3, -0.25) is 8.98 Å². The average molecular weight is 450 g/mol. The van der Waals surface area contributed by atoms with Crippen molar-refractivity contribution in [2.45, 2.75) is 37.6 Å². The fourth-order valence-corrected chi connectivity index (χ4v) is 4.13. The molecule has 0 aliphatic heterocycles. The van der Waals surface area contributed by atoms with Crippen LogP contribution in [-0.4, -0.2) is 68.9 Å². The van der Waals surface area contributed by atoms with E-state index in [-0.39, 0.29) is 28.7 Å². The molecule has 1 amide bonds. The number of hydrogen-bond donors (Lipinski definition) is 5. The van der Waals surface area contributed by atoms with Gasteiger partial charge in [-0.05, 0) is 24.9 Å². The number of nitrogens with one attached hydrogen (secondary N) is 1. The molecule has 3 rings (SSSR count). The SMILES string of the molecule is C[C@H](N)C(=O)NS(=O)(=O)OC[C@H]1C[C@@H](n2cnc3c(N)nc(Cl)nc32)[C@H](O)[C@@H]1O. The minimum Gasteiger partial charge on any atom is -0.390 e. The van der Waals surface area contributed by atoms with Crippen LogP contribution in [0.5, 0.6) is 0 Å². The van der Waals surface area contributed by atoms with Gasteiger partial charge in [0, 0.05) is 5.92 Å². The minimum atomic E-state index is -4.42. The highest BCUT2D eigenvalue weighted by molar-refractivity contribution is 7.85. The van der Waals surface area contributed by atoms with Gasteiger partial charge < -0.3 is 26.2 Å². The summed E-state index contributed by atoms with van der Waals surface area (Å²) >= 11 is 5.83. The van der Waals surface area contributed by atoms with Gasteiger partial charge in [-0.1, -0.05) is 0 Å². The molecule has 2 heterocycles. The van der Waals surface area contributed by atoms with E-state index in [1.54, 1.807) is 4.72 Å². The lowest BCUT2D eigenvalue weighted by Crippen LogP contribution is -2.42. The number of carbonyl (C=O) groups is 1. The van der Waals surface area contributed by atoms with Crippen molar-refractivity contribution in [1.82, 2.24) is 24.2 Å². The van der Waals surface area contributed by atoms with Gasteiger partial charge in [-0.25, -0.2) is 9.71 Å². The van der Waals surface area contributed by atoms with Crippen molar-refractivity contribution >= 4 is 44.8 Å². The van der Waals surface area contributed by atoms with Crippen molar-refractivity contribution in [3.05, 3.63) is 11.6 Å². The number of aromatic nitrogens is 4. The molecule has 0 saturated heterocycles.